The van der Waals surface area contributed by atoms with E-state index in [1.165, 1.54) is 11.8 Å². The van der Waals surface area contributed by atoms with Crippen LogP contribution in [0.3, 0.4) is 0 Å². The monoisotopic (exact) mass is 288 g/mol. The van der Waals surface area contributed by atoms with Gasteiger partial charge in [-0.1, -0.05) is 25.6 Å². The van der Waals surface area contributed by atoms with Crippen molar-refractivity contribution in [3.8, 4) is 0 Å². The van der Waals surface area contributed by atoms with E-state index < -0.39 is 0 Å². The van der Waals surface area contributed by atoms with Gasteiger partial charge in [0.05, 0.1) is 6.61 Å². The highest BCUT2D eigenvalue weighted by molar-refractivity contribution is 8.13. The predicted molar refractivity (Wildman–Crippen MR) is 77.2 cm³/mol. The second-order valence-corrected chi connectivity index (χ2v) is 5.68. The maximum Gasteiger partial charge on any atom is 0.281 e. The average molecular weight is 288 g/mol. The summed E-state index contributed by atoms with van der Waals surface area (Å²) < 4.78 is 0. The van der Waals surface area contributed by atoms with Crippen LogP contribution >= 0.6 is 11.8 Å². The molecular weight excluding hydrogens is 264 g/mol. The van der Waals surface area contributed by atoms with Gasteiger partial charge in [-0.15, -0.1) is 0 Å². The van der Waals surface area contributed by atoms with Crippen LogP contribution in [-0.4, -0.2) is 64.1 Å². The maximum atomic E-state index is 12.2. The molecule has 19 heavy (non-hydrogen) atoms. The molecule has 0 aromatic carbocycles. The van der Waals surface area contributed by atoms with Crippen molar-refractivity contribution in [1.82, 2.24) is 9.80 Å². The van der Waals surface area contributed by atoms with Crippen LogP contribution in [0.25, 0.3) is 0 Å². The molecule has 1 aliphatic heterocycles. The summed E-state index contributed by atoms with van der Waals surface area (Å²) in [5.41, 5.74) is 0. The van der Waals surface area contributed by atoms with Crippen molar-refractivity contribution in [2.75, 3.05) is 32.0 Å². The largest absolute Gasteiger partial charge is 0.395 e. The lowest BCUT2D eigenvalue weighted by molar-refractivity contribution is -0.134. The molecule has 0 bridgehead atoms. The Morgan fingerprint density at radius 1 is 1.47 bits per heavy atom. The molecule has 0 aromatic heterocycles. The third kappa shape index (κ3) is 4.69. The minimum atomic E-state index is -0.0132. The second-order valence-electron chi connectivity index (χ2n) is 4.63. The number of aliphatic hydroxyl groups excluding tert-OH is 1. The fourth-order valence-corrected chi connectivity index (χ4v) is 3.20. The Balaban J connectivity index is 2.49. The molecule has 1 saturated heterocycles. The van der Waals surface area contributed by atoms with E-state index >= 15 is 0 Å². The number of carbonyl (C=O) groups excluding carboxylic acids is 2. The van der Waals surface area contributed by atoms with E-state index in [1.807, 2.05) is 13.8 Å². The molecule has 6 heteroatoms. The standard InChI is InChI=1S/C13H24N2O3S/c1-3-11(4-2)15(7-9-16)12(17)5-6-14-8-10-19-13(14)18/h11,16H,3-10H2,1-2H3. The van der Waals surface area contributed by atoms with E-state index in [9.17, 15) is 9.59 Å². The van der Waals surface area contributed by atoms with E-state index in [4.69, 9.17) is 5.11 Å². The van der Waals surface area contributed by atoms with Crippen LogP contribution in [0.4, 0.5) is 4.79 Å². The minimum absolute atomic E-state index is 0.0132. The molecule has 2 amide bonds. The van der Waals surface area contributed by atoms with Crippen LogP contribution in [0.1, 0.15) is 33.1 Å². The average Bonchev–Trinajstić information content (AvgIpc) is 2.82. The first kappa shape index (κ1) is 16.3. The Morgan fingerprint density at radius 2 is 2.16 bits per heavy atom. The molecule has 110 valence electrons. The summed E-state index contributed by atoms with van der Waals surface area (Å²) in [7, 11) is 0. The number of aliphatic hydroxyl groups is 1. The Kier molecular flexibility index (Phi) is 7.23. The van der Waals surface area contributed by atoms with Crippen molar-refractivity contribution in [2.45, 2.75) is 39.2 Å². The first-order valence-electron chi connectivity index (χ1n) is 6.96. The molecule has 5 nitrogen and oxygen atoms in total. The lowest BCUT2D eigenvalue weighted by Gasteiger charge is -2.30. The number of nitrogens with zero attached hydrogens (tertiary/aromatic N) is 2. The molecular formula is C13H24N2O3S. The van der Waals surface area contributed by atoms with Gasteiger partial charge in [-0.05, 0) is 12.8 Å². The molecule has 0 aromatic rings. The smallest absolute Gasteiger partial charge is 0.281 e. The van der Waals surface area contributed by atoms with Gasteiger partial charge in [-0.25, -0.2) is 0 Å². The zero-order valence-corrected chi connectivity index (χ0v) is 12.6. The van der Waals surface area contributed by atoms with Gasteiger partial charge in [-0.3, -0.25) is 9.59 Å². The molecule has 1 heterocycles. The highest BCUT2D eigenvalue weighted by Gasteiger charge is 2.24. The summed E-state index contributed by atoms with van der Waals surface area (Å²) in [6.45, 7) is 5.70. The van der Waals surface area contributed by atoms with E-state index in [2.05, 4.69) is 0 Å². The Hall–Kier alpha value is -0.750. The molecule has 0 saturated carbocycles. The first-order valence-corrected chi connectivity index (χ1v) is 7.94. The Bertz CT molecular complexity index is 308. The molecule has 0 atom stereocenters. The van der Waals surface area contributed by atoms with Crippen molar-refractivity contribution in [3.05, 3.63) is 0 Å². The third-order valence-corrected chi connectivity index (χ3v) is 4.38. The highest BCUT2D eigenvalue weighted by Crippen LogP contribution is 2.18. The molecule has 0 spiro atoms. The fraction of sp³-hybridized carbons (Fsp3) is 0.846. The van der Waals surface area contributed by atoms with Crippen molar-refractivity contribution in [2.24, 2.45) is 0 Å². The van der Waals surface area contributed by atoms with E-state index in [1.54, 1.807) is 9.80 Å². The lowest BCUT2D eigenvalue weighted by atomic mass is 10.1. The zero-order chi connectivity index (χ0) is 14.3. The van der Waals surface area contributed by atoms with Crippen LogP contribution in [0, 0.1) is 0 Å². The topological polar surface area (TPSA) is 60.9 Å². The van der Waals surface area contributed by atoms with Crippen LogP contribution in [0.5, 0.6) is 0 Å². The van der Waals surface area contributed by atoms with Crippen LogP contribution in [0.2, 0.25) is 0 Å². The molecule has 1 N–H and O–H groups in total. The third-order valence-electron chi connectivity index (χ3n) is 3.49. The number of rotatable bonds is 8. The predicted octanol–water partition coefficient (Wildman–Crippen LogP) is 1.55. The van der Waals surface area contributed by atoms with Gasteiger partial charge in [0.1, 0.15) is 0 Å². The molecule has 0 radical (unpaired) electrons. The maximum absolute atomic E-state index is 12.2. The molecule has 1 fully saturated rings. The number of hydrogen-bond donors (Lipinski definition) is 1. The van der Waals surface area contributed by atoms with Crippen molar-refractivity contribution in [3.63, 3.8) is 0 Å². The van der Waals surface area contributed by atoms with Crippen LogP contribution in [0.15, 0.2) is 0 Å². The summed E-state index contributed by atoms with van der Waals surface area (Å²) in [6.07, 6.45) is 2.13. The summed E-state index contributed by atoms with van der Waals surface area (Å²) in [4.78, 5) is 27.2. The second kappa shape index (κ2) is 8.43. The van der Waals surface area contributed by atoms with Gasteiger partial charge in [0.2, 0.25) is 5.91 Å². The quantitative estimate of drug-likeness (QED) is 0.736. The van der Waals surface area contributed by atoms with Crippen molar-refractivity contribution >= 4 is 22.9 Å². The highest BCUT2D eigenvalue weighted by atomic mass is 32.2. The Labute approximate surface area is 119 Å². The summed E-state index contributed by atoms with van der Waals surface area (Å²) >= 11 is 1.31. The van der Waals surface area contributed by atoms with Gasteiger partial charge >= 0.3 is 0 Å². The minimum Gasteiger partial charge on any atom is -0.395 e. The van der Waals surface area contributed by atoms with Crippen molar-refractivity contribution < 1.29 is 14.7 Å². The van der Waals surface area contributed by atoms with Gasteiger partial charge in [-0.2, -0.15) is 0 Å². The number of thioether (sulfide) groups is 1. The number of carbonyl (C=O) groups is 2. The van der Waals surface area contributed by atoms with E-state index in [0.717, 1.165) is 25.1 Å². The SMILES string of the molecule is CCC(CC)N(CCO)C(=O)CCN1CCSC1=O. The molecule has 0 unspecified atom stereocenters. The summed E-state index contributed by atoms with van der Waals surface area (Å²) in [5, 5.41) is 9.16. The van der Waals surface area contributed by atoms with Crippen LogP contribution < -0.4 is 0 Å². The number of amides is 2. The van der Waals surface area contributed by atoms with Crippen molar-refractivity contribution in [1.29, 1.82) is 0 Å². The van der Waals surface area contributed by atoms with Gasteiger partial charge < -0.3 is 14.9 Å². The van der Waals surface area contributed by atoms with Gasteiger partial charge in [0, 0.05) is 37.8 Å². The normalized spacial score (nSPS) is 15.4. The van der Waals surface area contributed by atoms with Gasteiger partial charge in [0.25, 0.3) is 5.24 Å². The lowest BCUT2D eigenvalue weighted by Crippen LogP contribution is -2.43. The van der Waals surface area contributed by atoms with E-state index in [0.29, 0.717) is 19.5 Å². The molecule has 0 aliphatic carbocycles. The molecule has 1 aliphatic rings. The number of hydrogen-bond acceptors (Lipinski definition) is 4. The Morgan fingerprint density at radius 3 is 2.63 bits per heavy atom. The molecule has 1 rings (SSSR count). The van der Waals surface area contributed by atoms with E-state index in [-0.39, 0.29) is 23.8 Å². The zero-order valence-electron chi connectivity index (χ0n) is 11.8. The first-order chi connectivity index (χ1) is 9.13. The fourth-order valence-electron chi connectivity index (χ4n) is 2.35. The summed E-state index contributed by atoms with van der Waals surface area (Å²) in [6, 6.07) is 0.184. The summed E-state index contributed by atoms with van der Waals surface area (Å²) in [5.74, 6) is 0.854. The van der Waals surface area contributed by atoms with Crippen LogP contribution in [-0.2, 0) is 4.79 Å². The van der Waals surface area contributed by atoms with Gasteiger partial charge in [0.15, 0.2) is 0 Å².